The van der Waals surface area contributed by atoms with Crippen molar-refractivity contribution in [3.63, 3.8) is 0 Å². The smallest absolute Gasteiger partial charge is 0.326 e. The van der Waals surface area contributed by atoms with Gasteiger partial charge in [0.15, 0.2) is 0 Å². The molecule has 1 fully saturated rings. The van der Waals surface area contributed by atoms with Gasteiger partial charge in [-0.15, -0.1) is 0 Å². The van der Waals surface area contributed by atoms with Gasteiger partial charge in [-0.2, -0.15) is 0 Å². The van der Waals surface area contributed by atoms with Crippen molar-refractivity contribution in [3.8, 4) is 0 Å². The average molecular weight is 284 g/mol. The quantitative estimate of drug-likeness (QED) is 0.676. The maximum absolute atomic E-state index is 12.5. The molecule has 6 nitrogen and oxygen atoms in total. The third-order valence-corrected chi connectivity index (χ3v) is 4.02. The number of nitrogens with two attached hydrogens (primary N) is 1. The van der Waals surface area contributed by atoms with E-state index in [9.17, 15) is 14.4 Å². The van der Waals surface area contributed by atoms with Gasteiger partial charge in [0.2, 0.25) is 11.8 Å². The molecule has 1 rings (SSSR count). The summed E-state index contributed by atoms with van der Waals surface area (Å²) in [6, 6.07) is -0.936. The number of carboxylic acids is 1. The molecule has 0 aromatic carbocycles. The summed E-state index contributed by atoms with van der Waals surface area (Å²) >= 11 is 0. The molecule has 0 heterocycles. The molecule has 1 aliphatic rings. The van der Waals surface area contributed by atoms with Crippen LogP contribution in [0, 0.1) is 11.3 Å². The molecule has 1 saturated carbocycles. The maximum Gasteiger partial charge on any atom is 0.326 e. The van der Waals surface area contributed by atoms with Crippen LogP contribution < -0.4 is 11.1 Å². The van der Waals surface area contributed by atoms with Crippen molar-refractivity contribution in [2.75, 3.05) is 0 Å². The van der Waals surface area contributed by atoms with Crippen LogP contribution in [0.25, 0.3) is 0 Å². The van der Waals surface area contributed by atoms with Gasteiger partial charge < -0.3 is 16.2 Å². The molecule has 0 saturated heterocycles. The van der Waals surface area contributed by atoms with Crippen LogP contribution in [0.5, 0.6) is 0 Å². The van der Waals surface area contributed by atoms with Crippen molar-refractivity contribution in [2.45, 2.75) is 58.4 Å². The van der Waals surface area contributed by atoms with Crippen LogP contribution in [-0.2, 0) is 14.4 Å². The van der Waals surface area contributed by atoms with E-state index in [1.807, 2.05) is 0 Å². The lowest BCUT2D eigenvalue weighted by atomic mass is 9.70. The van der Waals surface area contributed by atoms with Gasteiger partial charge in [-0.05, 0) is 18.8 Å². The Morgan fingerprint density at radius 1 is 1.20 bits per heavy atom. The van der Waals surface area contributed by atoms with E-state index in [1.54, 1.807) is 13.8 Å². The highest BCUT2D eigenvalue weighted by molar-refractivity contribution is 5.91. The molecule has 20 heavy (non-hydrogen) atoms. The predicted molar refractivity (Wildman–Crippen MR) is 73.7 cm³/mol. The molecule has 4 N–H and O–H groups in total. The number of carbonyl (C=O) groups excluding carboxylic acids is 2. The van der Waals surface area contributed by atoms with Crippen LogP contribution in [0.3, 0.4) is 0 Å². The zero-order valence-electron chi connectivity index (χ0n) is 12.1. The molecule has 1 atom stereocenters. The van der Waals surface area contributed by atoms with Crippen LogP contribution in [0.4, 0.5) is 0 Å². The molecular weight excluding hydrogens is 260 g/mol. The van der Waals surface area contributed by atoms with Gasteiger partial charge in [0.25, 0.3) is 0 Å². The van der Waals surface area contributed by atoms with Gasteiger partial charge in [-0.25, -0.2) is 4.79 Å². The first kappa shape index (κ1) is 16.5. The van der Waals surface area contributed by atoms with Gasteiger partial charge in [-0.3, -0.25) is 9.59 Å². The standard InChI is InChI=1S/C14H24N2O4/c1-9(2)11(12(18)19)16-13(20)14(8-10(15)17)6-4-3-5-7-14/h9,11H,3-8H2,1-2H3,(H2,15,17)(H,16,20)(H,18,19)/t11-/m0/s1. The molecule has 0 unspecified atom stereocenters. The summed E-state index contributed by atoms with van der Waals surface area (Å²) in [5, 5.41) is 11.7. The fraction of sp³-hybridized carbons (Fsp3) is 0.786. The van der Waals surface area contributed by atoms with Crippen molar-refractivity contribution < 1.29 is 19.5 Å². The van der Waals surface area contributed by atoms with Gasteiger partial charge in [0.05, 0.1) is 5.41 Å². The molecule has 0 bridgehead atoms. The largest absolute Gasteiger partial charge is 0.480 e. The van der Waals surface area contributed by atoms with Crippen LogP contribution >= 0.6 is 0 Å². The Balaban J connectivity index is 2.87. The van der Waals surface area contributed by atoms with E-state index in [-0.39, 0.29) is 18.2 Å². The molecule has 1 aliphatic carbocycles. The fourth-order valence-electron chi connectivity index (χ4n) is 2.85. The third kappa shape index (κ3) is 3.95. The number of carbonyl (C=O) groups is 3. The predicted octanol–water partition coefficient (Wildman–Crippen LogP) is 1.04. The second-order valence-corrected chi connectivity index (χ2v) is 6.02. The van der Waals surface area contributed by atoms with Gasteiger partial charge in [0.1, 0.15) is 6.04 Å². The van der Waals surface area contributed by atoms with E-state index in [4.69, 9.17) is 10.8 Å². The first-order valence-corrected chi connectivity index (χ1v) is 7.10. The molecule has 2 amide bonds. The summed E-state index contributed by atoms with van der Waals surface area (Å²) in [6.07, 6.45) is 3.92. The second kappa shape index (κ2) is 6.72. The van der Waals surface area contributed by atoms with E-state index in [1.165, 1.54) is 0 Å². The highest BCUT2D eigenvalue weighted by atomic mass is 16.4. The Morgan fingerprint density at radius 3 is 2.15 bits per heavy atom. The van der Waals surface area contributed by atoms with Crippen molar-refractivity contribution in [3.05, 3.63) is 0 Å². The lowest BCUT2D eigenvalue weighted by Gasteiger charge is -2.36. The maximum atomic E-state index is 12.5. The van der Waals surface area contributed by atoms with Crippen molar-refractivity contribution in [1.29, 1.82) is 0 Å². The normalized spacial score (nSPS) is 19.4. The third-order valence-electron chi connectivity index (χ3n) is 4.02. The minimum atomic E-state index is -1.06. The molecule has 0 aromatic heterocycles. The van der Waals surface area contributed by atoms with Crippen molar-refractivity contribution in [2.24, 2.45) is 17.1 Å². The lowest BCUT2D eigenvalue weighted by Crippen LogP contribution is -2.52. The van der Waals surface area contributed by atoms with Gasteiger partial charge in [-0.1, -0.05) is 33.1 Å². The second-order valence-electron chi connectivity index (χ2n) is 6.02. The van der Waals surface area contributed by atoms with Crippen LogP contribution in [-0.4, -0.2) is 28.9 Å². The van der Waals surface area contributed by atoms with E-state index >= 15 is 0 Å². The monoisotopic (exact) mass is 284 g/mol. The van der Waals surface area contributed by atoms with E-state index in [0.717, 1.165) is 19.3 Å². The molecule has 0 aromatic rings. The number of carboxylic acid groups (broad SMARTS) is 1. The van der Waals surface area contributed by atoms with Crippen molar-refractivity contribution >= 4 is 17.8 Å². The summed E-state index contributed by atoms with van der Waals surface area (Å²) in [5.74, 6) is -2.14. The molecular formula is C14H24N2O4. The number of nitrogens with one attached hydrogen (secondary N) is 1. The minimum absolute atomic E-state index is 0.0106. The summed E-state index contributed by atoms with van der Waals surface area (Å²) in [4.78, 5) is 34.9. The topological polar surface area (TPSA) is 109 Å². The zero-order chi connectivity index (χ0) is 15.3. The molecule has 0 spiro atoms. The van der Waals surface area contributed by atoms with Crippen LogP contribution in [0.2, 0.25) is 0 Å². The Labute approximate surface area is 119 Å². The molecule has 6 heteroatoms. The Morgan fingerprint density at radius 2 is 1.75 bits per heavy atom. The Bertz CT molecular complexity index is 387. The summed E-state index contributed by atoms with van der Waals surface area (Å²) < 4.78 is 0. The van der Waals surface area contributed by atoms with Gasteiger partial charge in [0, 0.05) is 6.42 Å². The molecule has 0 radical (unpaired) electrons. The summed E-state index contributed by atoms with van der Waals surface area (Å²) in [7, 11) is 0. The lowest BCUT2D eigenvalue weighted by molar-refractivity contribution is -0.146. The van der Waals surface area contributed by atoms with Gasteiger partial charge >= 0.3 is 5.97 Å². The Kier molecular flexibility index (Phi) is 5.53. The van der Waals surface area contributed by atoms with E-state index < -0.39 is 23.3 Å². The number of hydrogen-bond donors (Lipinski definition) is 3. The number of aliphatic carboxylic acids is 1. The average Bonchev–Trinajstić information content (AvgIpc) is 2.35. The van der Waals surface area contributed by atoms with E-state index in [0.29, 0.717) is 12.8 Å². The number of amides is 2. The molecule has 0 aliphatic heterocycles. The number of primary amides is 1. The SMILES string of the molecule is CC(C)[C@H](NC(=O)C1(CC(N)=O)CCCCC1)C(=O)O. The first-order valence-electron chi connectivity index (χ1n) is 7.10. The number of rotatable bonds is 6. The first-order chi connectivity index (χ1) is 9.28. The van der Waals surface area contributed by atoms with Crippen LogP contribution in [0.1, 0.15) is 52.4 Å². The highest BCUT2D eigenvalue weighted by Gasteiger charge is 2.42. The minimum Gasteiger partial charge on any atom is -0.480 e. The van der Waals surface area contributed by atoms with E-state index in [2.05, 4.69) is 5.32 Å². The fourth-order valence-corrected chi connectivity index (χ4v) is 2.85. The summed E-state index contributed by atoms with van der Waals surface area (Å²) in [5.41, 5.74) is 4.43. The zero-order valence-corrected chi connectivity index (χ0v) is 12.1. The molecule has 114 valence electrons. The Hall–Kier alpha value is -1.59. The van der Waals surface area contributed by atoms with Crippen LogP contribution in [0.15, 0.2) is 0 Å². The summed E-state index contributed by atoms with van der Waals surface area (Å²) in [6.45, 7) is 3.47. The van der Waals surface area contributed by atoms with Crippen molar-refractivity contribution in [1.82, 2.24) is 5.32 Å². The highest BCUT2D eigenvalue weighted by Crippen LogP contribution is 2.39. The number of hydrogen-bond acceptors (Lipinski definition) is 3.